The standard InChI is InChI=1S/C11H14ClF3N2S.2ClH/c12-10-2-1-9(18-10)8(7-11(13,14)15)17-5-3-16-4-6-17;;/h1-2,8,16H,3-7H2;2*1H/t8-;;/m1../s1. The third-order valence-electron chi connectivity index (χ3n) is 2.94. The van der Waals surface area contributed by atoms with Crippen LogP contribution in [0.2, 0.25) is 4.34 Å². The van der Waals surface area contributed by atoms with Crippen LogP contribution in [0.4, 0.5) is 13.2 Å². The molecule has 0 spiro atoms. The van der Waals surface area contributed by atoms with Crippen LogP contribution >= 0.6 is 47.8 Å². The number of hydrogen-bond acceptors (Lipinski definition) is 3. The fraction of sp³-hybridized carbons (Fsp3) is 0.636. The molecule has 1 aliphatic heterocycles. The lowest BCUT2D eigenvalue weighted by Crippen LogP contribution is -2.45. The van der Waals surface area contributed by atoms with Crippen LogP contribution < -0.4 is 5.32 Å². The molecule has 2 heterocycles. The van der Waals surface area contributed by atoms with Crippen molar-refractivity contribution in [2.75, 3.05) is 26.2 Å². The normalized spacial score (nSPS) is 18.0. The van der Waals surface area contributed by atoms with Crippen LogP contribution in [0, 0.1) is 0 Å². The van der Waals surface area contributed by atoms with E-state index in [0.29, 0.717) is 22.3 Å². The van der Waals surface area contributed by atoms with Crippen LogP contribution in [0.3, 0.4) is 0 Å². The third kappa shape index (κ3) is 5.95. The van der Waals surface area contributed by atoms with Gasteiger partial charge in [0.1, 0.15) is 0 Å². The number of piperazine rings is 1. The van der Waals surface area contributed by atoms with Gasteiger partial charge in [-0.25, -0.2) is 0 Å². The topological polar surface area (TPSA) is 15.3 Å². The molecule has 1 aromatic rings. The molecule has 9 heteroatoms. The van der Waals surface area contributed by atoms with Crippen molar-refractivity contribution in [3.8, 4) is 0 Å². The Bertz CT molecular complexity index is 395. The lowest BCUT2D eigenvalue weighted by Gasteiger charge is -2.34. The van der Waals surface area contributed by atoms with E-state index in [1.54, 1.807) is 12.1 Å². The van der Waals surface area contributed by atoms with E-state index >= 15 is 0 Å². The van der Waals surface area contributed by atoms with Gasteiger partial charge in [-0.15, -0.1) is 36.2 Å². The van der Waals surface area contributed by atoms with Crippen LogP contribution in [-0.4, -0.2) is 37.3 Å². The van der Waals surface area contributed by atoms with E-state index in [4.69, 9.17) is 11.6 Å². The Kier molecular flexibility index (Phi) is 8.78. The largest absolute Gasteiger partial charge is 0.390 e. The minimum Gasteiger partial charge on any atom is -0.314 e. The smallest absolute Gasteiger partial charge is 0.314 e. The van der Waals surface area contributed by atoms with Gasteiger partial charge in [-0.2, -0.15) is 13.2 Å². The molecule has 1 N–H and O–H groups in total. The maximum Gasteiger partial charge on any atom is 0.390 e. The second-order valence-electron chi connectivity index (χ2n) is 4.26. The van der Waals surface area contributed by atoms with Gasteiger partial charge < -0.3 is 5.32 Å². The first-order valence-electron chi connectivity index (χ1n) is 5.72. The highest BCUT2D eigenvalue weighted by Crippen LogP contribution is 2.38. The van der Waals surface area contributed by atoms with Crippen LogP contribution in [0.5, 0.6) is 0 Å². The van der Waals surface area contributed by atoms with Gasteiger partial charge >= 0.3 is 6.18 Å². The van der Waals surface area contributed by atoms with Gasteiger partial charge in [0.2, 0.25) is 0 Å². The van der Waals surface area contributed by atoms with Gasteiger partial charge in [0, 0.05) is 31.1 Å². The Morgan fingerprint density at radius 3 is 2.30 bits per heavy atom. The monoisotopic (exact) mass is 370 g/mol. The summed E-state index contributed by atoms with van der Waals surface area (Å²) in [6.07, 6.45) is -4.98. The number of rotatable bonds is 3. The summed E-state index contributed by atoms with van der Waals surface area (Å²) in [5, 5.41) is 3.14. The quantitative estimate of drug-likeness (QED) is 0.859. The molecule has 0 saturated carbocycles. The lowest BCUT2D eigenvalue weighted by molar-refractivity contribution is -0.148. The molecule has 0 bridgehead atoms. The summed E-state index contributed by atoms with van der Waals surface area (Å²) in [5.74, 6) is 0. The number of halogens is 6. The Morgan fingerprint density at radius 2 is 1.85 bits per heavy atom. The average Bonchev–Trinajstić information content (AvgIpc) is 2.73. The molecule has 1 fully saturated rings. The van der Waals surface area contributed by atoms with Crippen LogP contribution in [0.1, 0.15) is 17.3 Å². The molecule has 0 unspecified atom stereocenters. The second-order valence-corrected chi connectivity index (χ2v) is 6.01. The molecule has 0 aromatic carbocycles. The zero-order valence-corrected chi connectivity index (χ0v) is 13.7. The van der Waals surface area contributed by atoms with Gasteiger partial charge in [-0.05, 0) is 12.1 Å². The maximum absolute atomic E-state index is 12.7. The summed E-state index contributed by atoms with van der Waals surface area (Å²) in [4.78, 5) is 2.57. The predicted molar refractivity (Wildman–Crippen MR) is 81.7 cm³/mol. The van der Waals surface area contributed by atoms with Crippen molar-refractivity contribution in [3.05, 3.63) is 21.3 Å². The van der Waals surface area contributed by atoms with Crippen molar-refractivity contribution < 1.29 is 13.2 Å². The highest BCUT2D eigenvalue weighted by atomic mass is 35.5. The van der Waals surface area contributed by atoms with Crippen molar-refractivity contribution >= 4 is 47.8 Å². The molecule has 1 aliphatic rings. The van der Waals surface area contributed by atoms with Crippen molar-refractivity contribution in [2.24, 2.45) is 0 Å². The number of nitrogens with zero attached hydrogens (tertiary/aromatic N) is 1. The number of thiophene rings is 1. The zero-order valence-electron chi connectivity index (χ0n) is 10.5. The van der Waals surface area contributed by atoms with Crippen molar-refractivity contribution in [1.82, 2.24) is 10.2 Å². The SMILES string of the molecule is Cl.Cl.FC(F)(F)C[C@H](c1ccc(Cl)s1)N1CCNCC1. The Balaban J connectivity index is 0.00000180. The van der Waals surface area contributed by atoms with Crippen molar-refractivity contribution in [2.45, 2.75) is 18.6 Å². The highest BCUT2D eigenvalue weighted by molar-refractivity contribution is 7.16. The number of nitrogens with one attached hydrogen (secondary N) is 1. The molecule has 2 nitrogen and oxygen atoms in total. The van der Waals surface area contributed by atoms with Crippen LogP contribution in [0.25, 0.3) is 0 Å². The second kappa shape index (κ2) is 8.66. The maximum atomic E-state index is 12.7. The molecule has 0 aliphatic carbocycles. The molecule has 2 rings (SSSR count). The summed E-state index contributed by atoms with van der Waals surface area (Å²) < 4.78 is 38.6. The Morgan fingerprint density at radius 1 is 1.25 bits per heavy atom. The summed E-state index contributed by atoms with van der Waals surface area (Å²) in [6.45, 7) is 2.73. The average molecular weight is 372 g/mol. The first-order valence-corrected chi connectivity index (χ1v) is 6.92. The van der Waals surface area contributed by atoms with Gasteiger partial charge in [0.15, 0.2) is 0 Å². The summed E-state index contributed by atoms with van der Waals surface area (Å²) in [7, 11) is 0. The minimum atomic E-state index is -4.16. The molecule has 1 saturated heterocycles. The number of alkyl halides is 3. The molecule has 20 heavy (non-hydrogen) atoms. The molecule has 0 radical (unpaired) electrons. The zero-order chi connectivity index (χ0) is 13.2. The van der Waals surface area contributed by atoms with Crippen molar-refractivity contribution in [3.63, 3.8) is 0 Å². The Labute approximate surface area is 137 Å². The first kappa shape index (κ1) is 20.3. The van der Waals surface area contributed by atoms with E-state index < -0.39 is 18.6 Å². The summed E-state index contributed by atoms with van der Waals surface area (Å²) >= 11 is 7.05. The van der Waals surface area contributed by atoms with E-state index in [1.807, 2.05) is 4.90 Å². The summed E-state index contributed by atoms with van der Waals surface area (Å²) in [5.41, 5.74) is 0. The van der Waals surface area contributed by atoms with Gasteiger partial charge in [0.25, 0.3) is 0 Å². The number of hydrogen-bond donors (Lipinski definition) is 1. The third-order valence-corrected chi connectivity index (χ3v) is 4.27. The predicted octanol–water partition coefficient (Wildman–Crippen LogP) is 4.14. The van der Waals surface area contributed by atoms with Crippen molar-refractivity contribution in [1.29, 1.82) is 0 Å². The molecule has 0 amide bonds. The van der Waals surface area contributed by atoms with E-state index in [0.717, 1.165) is 13.1 Å². The highest BCUT2D eigenvalue weighted by Gasteiger charge is 2.36. The molecule has 1 aromatic heterocycles. The fourth-order valence-corrected chi connectivity index (χ4v) is 3.33. The molecular formula is C11H16Cl3F3N2S. The van der Waals surface area contributed by atoms with E-state index in [9.17, 15) is 13.2 Å². The minimum absolute atomic E-state index is 0. The molecular weight excluding hydrogens is 356 g/mol. The summed E-state index contributed by atoms with van der Waals surface area (Å²) in [6, 6.07) is 2.75. The van der Waals surface area contributed by atoms with Crippen LogP contribution in [0.15, 0.2) is 12.1 Å². The Hall–Kier alpha value is 0.280. The van der Waals surface area contributed by atoms with E-state index in [2.05, 4.69) is 5.32 Å². The fourth-order valence-electron chi connectivity index (χ4n) is 2.13. The van der Waals surface area contributed by atoms with E-state index in [1.165, 1.54) is 11.3 Å². The van der Waals surface area contributed by atoms with Gasteiger partial charge in [0.05, 0.1) is 16.8 Å². The molecule has 118 valence electrons. The lowest BCUT2D eigenvalue weighted by atomic mass is 10.1. The van der Waals surface area contributed by atoms with Gasteiger partial charge in [-0.1, -0.05) is 11.6 Å². The first-order chi connectivity index (χ1) is 8.46. The van der Waals surface area contributed by atoms with E-state index in [-0.39, 0.29) is 24.8 Å². The van der Waals surface area contributed by atoms with Crippen LogP contribution in [-0.2, 0) is 0 Å². The molecule has 1 atom stereocenters. The van der Waals surface area contributed by atoms with Gasteiger partial charge in [-0.3, -0.25) is 4.90 Å².